The summed E-state index contributed by atoms with van der Waals surface area (Å²) in [6.45, 7) is 2.14. The third-order valence-corrected chi connectivity index (χ3v) is 3.31. The maximum atomic E-state index is 6.01. The molecule has 0 fully saturated rings. The van der Waals surface area contributed by atoms with E-state index in [-0.39, 0.29) is 0 Å². The third kappa shape index (κ3) is 2.26. The first-order valence-corrected chi connectivity index (χ1v) is 6.85. The van der Waals surface area contributed by atoms with Crippen LogP contribution in [-0.4, -0.2) is 31.9 Å². The van der Waals surface area contributed by atoms with Crippen molar-refractivity contribution in [3.8, 4) is 11.3 Å². The number of hydrogen-bond acceptors (Lipinski definition) is 6. The molecular formula is C14H17N7. The van der Waals surface area contributed by atoms with Crippen molar-refractivity contribution < 1.29 is 0 Å². The molecule has 7 heteroatoms. The molecule has 3 rings (SSSR count). The van der Waals surface area contributed by atoms with Crippen LogP contribution >= 0.6 is 0 Å². The molecule has 0 atom stereocenters. The summed E-state index contributed by atoms with van der Waals surface area (Å²) in [7, 11) is 1.78. The van der Waals surface area contributed by atoms with E-state index in [1.54, 1.807) is 18.0 Å². The number of rotatable bonds is 4. The van der Waals surface area contributed by atoms with Gasteiger partial charge in [0.2, 0.25) is 0 Å². The number of pyridine rings is 1. The Kier molecular flexibility index (Phi) is 3.39. The fraction of sp³-hybridized carbons (Fsp3) is 0.286. The lowest BCUT2D eigenvalue weighted by Gasteiger charge is -2.02. The van der Waals surface area contributed by atoms with Gasteiger partial charge in [-0.25, -0.2) is 9.97 Å². The quantitative estimate of drug-likeness (QED) is 0.755. The SMILES string of the molecule is CCCc1cncc(-c2nn(NC)c3ncnc(N)c23)c1. The highest BCUT2D eigenvalue weighted by Gasteiger charge is 2.16. The number of nitrogens with two attached hydrogens (primary N) is 1. The molecule has 0 aliphatic rings. The molecule has 0 unspecified atom stereocenters. The molecule has 0 spiro atoms. The van der Waals surface area contributed by atoms with E-state index < -0.39 is 0 Å². The lowest BCUT2D eigenvalue weighted by Crippen LogP contribution is -2.11. The van der Waals surface area contributed by atoms with Gasteiger partial charge in [0.15, 0.2) is 5.65 Å². The van der Waals surface area contributed by atoms with Gasteiger partial charge in [0, 0.05) is 25.0 Å². The van der Waals surface area contributed by atoms with Crippen molar-refractivity contribution in [2.75, 3.05) is 18.2 Å². The highest BCUT2D eigenvalue weighted by atomic mass is 15.6. The number of nitrogens with zero attached hydrogens (tertiary/aromatic N) is 5. The molecule has 3 aromatic rings. The summed E-state index contributed by atoms with van der Waals surface area (Å²) in [5.41, 5.74) is 12.5. The zero-order chi connectivity index (χ0) is 14.8. The number of hydrogen-bond donors (Lipinski definition) is 2. The third-order valence-electron chi connectivity index (χ3n) is 3.31. The minimum atomic E-state index is 0.414. The fourth-order valence-corrected chi connectivity index (χ4v) is 2.38. The highest BCUT2D eigenvalue weighted by Crippen LogP contribution is 2.29. The molecule has 0 aromatic carbocycles. The molecule has 3 aromatic heterocycles. The maximum Gasteiger partial charge on any atom is 0.186 e. The van der Waals surface area contributed by atoms with Crippen LogP contribution in [0.25, 0.3) is 22.3 Å². The van der Waals surface area contributed by atoms with Crippen LogP contribution in [-0.2, 0) is 6.42 Å². The molecule has 0 saturated carbocycles. The van der Waals surface area contributed by atoms with Crippen molar-refractivity contribution in [3.63, 3.8) is 0 Å². The molecule has 7 nitrogen and oxygen atoms in total. The van der Waals surface area contributed by atoms with E-state index in [0.29, 0.717) is 11.5 Å². The van der Waals surface area contributed by atoms with Crippen LogP contribution in [0.2, 0.25) is 0 Å². The lowest BCUT2D eigenvalue weighted by molar-refractivity contribution is 0.802. The standard InChI is InChI=1S/C14H17N7/c1-3-4-9-5-10(7-17-6-9)12-11-13(15)18-8-19-14(11)21(16-2)20-12/h5-8,16H,3-4H2,1-2H3,(H2,15,18,19). The van der Waals surface area contributed by atoms with Gasteiger partial charge in [-0.05, 0) is 18.1 Å². The Morgan fingerprint density at radius 2 is 2.14 bits per heavy atom. The summed E-state index contributed by atoms with van der Waals surface area (Å²) in [5, 5.41) is 5.26. The summed E-state index contributed by atoms with van der Waals surface area (Å²) >= 11 is 0. The minimum absolute atomic E-state index is 0.414. The number of fused-ring (bicyclic) bond motifs is 1. The van der Waals surface area contributed by atoms with Crippen molar-refractivity contribution in [1.29, 1.82) is 0 Å². The maximum absolute atomic E-state index is 6.01. The van der Waals surface area contributed by atoms with Crippen molar-refractivity contribution >= 4 is 16.9 Å². The Balaban J connectivity index is 2.22. The van der Waals surface area contributed by atoms with E-state index in [2.05, 4.69) is 38.5 Å². The van der Waals surface area contributed by atoms with Crippen molar-refractivity contribution in [2.45, 2.75) is 19.8 Å². The Morgan fingerprint density at radius 3 is 2.90 bits per heavy atom. The summed E-state index contributed by atoms with van der Waals surface area (Å²) in [5.74, 6) is 0.414. The number of aromatic nitrogens is 5. The van der Waals surface area contributed by atoms with E-state index in [4.69, 9.17) is 5.73 Å². The Bertz CT molecular complexity index is 778. The summed E-state index contributed by atoms with van der Waals surface area (Å²) in [4.78, 5) is 14.2. The van der Waals surface area contributed by atoms with Crippen LogP contribution in [0.3, 0.4) is 0 Å². The second-order valence-corrected chi connectivity index (χ2v) is 4.77. The van der Waals surface area contributed by atoms with Crippen molar-refractivity contribution in [1.82, 2.24) is 24.8 Å². The zero-order valence-corrected chi connectivity index (χ0v) is 12.0. The average molecular weight is 283 g/mol. The molecule has 3 heterocycles. The van der Waals surface area contributed by atoms with Crippen molar-refractivity contribution in [2.24, 2.45) is 0 Å². The first-order chi connectivity index (χ1) is 10.2. The Labute approximate surface area is 122 Å². The number of aryl methyl sites for hydroxylation is 1. The summed E-state index contributed by atoms with van der Waals surface area (Å²) in [6, 6.07) is 2.09. The molecule has 0 bridgehead atoms. The van der Waals surface area contributed by atoms with Gasteiger partial charge in [-0.1, -0.05) is 13.3 Å². The fourth-order valence-electron chi connectivity index (χ4n) is 2.38. The Hall–Kier alpha value is -2.70. The Morgan fingerprint density at radius 1 is 1.29 bits per heavy atom. The molecule has 21 heavy (non-hydrogen) atoms. The predicted molar refractivity (Wildman–Crippen MR) is 82.2 cm³/mol. The molecule has 3 N–H and O–H groups in total. The van der Waals surface area contributed by atoms with Gasteiger partial charge in [-0.2, -0.15) is 4.79 Å². The van der Waals surface area contributed by atoms with Crippen LogP contribution in [0.15, 0.2) is 24.8 Å². The van der Waals surface area contributed by atoms with Gasteiger partial charge in [-0.15, -0.1) is 5.10 Å². The second-order valence-electron chi connectivity index (χ2n) is 4.77. The van der Waals surface area contributed by atoms with Gasteiger partial charge in [0.25, 0.3) is 0 Å². The van der Waals surface area contributed by atoms with Crippen LogP contribution in [0.1, 0.15) is 18.9 Å². The largest absolute Gasteiger partial charge is 0.383 e. The summed E-state index contributed by atoms with van der Waals surface area (Å²) in [6.07, 6.45) is 7.15. The molecule has 0 saturated heterocycles. The lowest BCUT2D eigenvalue weighted by atomic mass is 10.1. The van der Waals surface area contributed by atoms with E-state index in [9.17, 15) is 0 Å². The smallest absolute Gasteiger partial charge is 0.186 e. The average Bonchev–Trinajstić information content (AvgIpc) is 2.88. The van der Waals surface area contributed by atoms with Gasteiger partial charge in [0.1, 0.15) is 17.8 Å². The first-order valence-electron chi connectivity index (χ1n) is 6.85. The summed E-state index contributed by atoms with van der Waals surface area (Å²) < 4.78 is 0. The van der Waals surface area contributed by atoms with Crippen molar-refractivity contribution in [3.05, 3.63) is 30.4 Å². The van der Waals surface area contributed by atoms with E-state index in [0.717, 1.165) is 29.5 Å². The zero-order valence-electron chi connectivity index (χ0n) is 12.0. The normalized spacial score (nSPS) is 11.0. The minimum Gasteiger partial charge on any atom is -0.383 e. The van der Waals surface area contributed by atoms with Crippen LogP contribution in [0.5, 0.6) is 0 Å². The van der Waals surface area contributed by atoms with E-state index >= 15 is 0 Å². The number of nitrogen functional groups attached to an aromatic ring is 1. The van der Waals surface area contributed by atoms with Gasteiger partial charge >= 0.3 is 0 Å². The van der Waals surface area contributed by atoms with E-state index in [1.165, 1.54) is 11.9 Å². The number of nitrogens with one attached hydrogen (secondary N) is 1. The van der Waals surface area contributed by atoms with Crippen LogP contribution in [0, 0.1) is 0 Å². The highest BCUT2D eigenvalue weighted by molar-refractivity contribution is 5.98. The molecular weight excluding hydrogens is 266 g/mol. The van der Waals surface area contributed by atoms with E-state index in [1.807, 2.05) is 6.20 Å². The second kappa shape index (κ2) is 5.35. The van der Waals surface area contributed by atoms with Gasteiger partial charge in [-0.3, -0.25) is 4.98 Å². The topological polar surface area (TPSA) is 94.5 Å². The molecule has 0 amide bonds. The molecule has 0 radical (unpaired) electrons. The number of anilines is 1. The predicted octanol–water partition coefficient (Wildman–Crippen LogP) is 1.60. The van der Waals surface area contributed by atoms with Crippen LogP contribution < -0.4 is 11.2 Å². The first kappa shape index (κ1) is 13.3. The van der Waals surface area contributed by atoms with Gasteiger partial charge < -0.3 is 11.2 Å². The monoisotopic (exact) mass is 283 g/mol. The van der Waals surface area contributed by atoms with Crippen LogP contribution in [0.4, 0.5) is 5.82 Å². The molecule has 0 aliphatic heterocycles. The molecule has 108 valence electrons. The molecule has 0 aliphatic carbocycles. The van der Waals surface area contributed by atoms with Gasteiger partial charge in [0.05, 0.1) is 5.39 Å².